The number of anilines is 1. The summed E-state index contributed by atoms with van der Waals surface area (Å²) in [6.07, 6.45) is 7.15. The van der Waals surface area contributed by atoms with Crippen LogP contribution in [0, 0.1) is 29.6 Å². The molecule has 8 atom stereocenters. The lowest BCUT2D eigenvalue weighted by Crippen LogP contribution is -2.58. The number of hydrogen-bond donors (Lipinski definition) is 2. The fraction of sp³-hybridized carbons (Fsp3) is 0.633. The monoisotopic (exact) mass is 523 g/mol. The number of nitrogens with one attached hydrogen (secondary N) is 2. The lowest BCUT2D eigenvalue weighted by Gasteiger charge is -2.38. The topological polar surface area (TPSA) is 97.0 Å². The van der Waals surface area contributed by atoms with Crippen molar-refractivity contribution in [2.75, 3.05) is 19.0 Å². The van der Waals surface area contributed by atoms with Gasteiger partial charge in [-0.1, -0.05) is 52.7 Å². The molecule has 38 heavy (non-hydrogen) atoms. The van der Waals surface area contributed by atoms with Crippen molar-refractivity contribution in [2.45, 2.75) is 77.2 Å². The molecular formula is C30H41N3O5. The highest BCUT2D eigenvalue weighted by atomic mass is 16.5. The van der Waals surface area contributed by atoms with Crippen molar-refractivity contribution in [1.82, 2.24) is 10.2 Å². The zero-order valence-corrected chi connectivity index (χ0v) is 23.1. The first-order valence-corrected chi connectivity index (χ1v) is 14.1. The predicted molar refractivity (Wildman–Crippen MR) is 144 cm³/mol. The number of carbonyl (C=O) groups excluding carboxylic acids is 3. The average Bonchev–Trinajstić information content (AvgIpc) is 3.53. The summed E-state index contributed by atoms with van der Waals surface area (Å²) >= 11 is 0. The van der Waals surface area contributed by atoms with Crippen LogP contribution in [0.2, 0.25) is 0 Å². The summed E-state index contributed by atoms with van der Waals surface area (Å²) in [6, 6.07) is 6.37. The van der Waals surface area contributed by atoms with Gasteiger partial charge < -0.3 is 25.0 Å². The van der Waals surface area contributed by atoms with E-state index in [1.165, 1.54) is 6.42 Å². The van der Waals surface area contributed by atoms with Crippen LogP contribution in [0.4, 0.5) is 5.69 Å². The van der Waals surface area contributed by atoms with E-state index < -0.39 is 29.6 Å². The van der Waals surface area contributed by atoms with Crippen LogP contribution in [-0.2, 0) is 19.1 Å². The molecule has 1 saturated carbocycles. The number of rotatable bonds is 8. The van der Waals surface area contributed by atoms with Gasteiger partial charge in [-0.05, 0) is 54.9 Å². The van der Waals surface area contributed by atoms with Gasteiger partial charge in [0.05, 0.1) is 25.0 Å². The Kier molecular flexibility index (Phi) is 7.29. The number of amides is 3. The Morgan fingerprint density at radius 2 is 1.89 bits per heavy atom. The van der Waals surface area contributed by atoms with Gasteiger partial charge in [-0.15, -0.1) is 0 Å². The molecular weight excluding hydrogens is 482 g/mol. The summed E-state index contributed by atoms with van der Waals surface area (Å²) in [5.41, 5.74) is -0.512. The van der Waals surface area contributed by atoms with Gasteiger partial charge in [0.1, 0.15) is 17.4 Å². The van der Waals surface area contributed by atoms with Gasteiger partial charge in [0.15, 0.2) is 0 Å². The molecule has 2 N–H and O–H groups in total. The molecule has 3 amide bonds. The number of hydrogen-bond acceptors (Lipinski definition) is 5. The molecule has 8 heteroatoms. The molecule has 2 bridgehead atoms. The summed E-state index contributed by atoms with van der Waals surface area (Å²) in [7, 11) is 1.59. The Balaban J connectivity index is 1.41. The molecule has 1 aromatic rings. The number of fused-ring (bicyclic) bond motifs is 1. The summed E-state index contributed by atoms with van der Waals surface area (Å²) in [5, 5.41) is 6.26. The van der Waals surface area contributed by atoms with E-state index in [-0.39, 0.29) is 23.8 Å². The molecule has 4 aliphatic rings. The molecule has 0 radical (unpaired) electrons. The van der Waals surface area contributed by atoms with Crippen molar-refractivity contribution >= 4 is 23.4 Å². The second-order valence-electron chi connectivity index (χ2n) is 12.0. The summed E-state index contributed by atoms with van der Waals surface area (Å²) < 4.78 is 11.7. The van der Waals surface area contributed by atoms with Crippen LogP contribution >= 0.6 is 0 Å². The van der Waals surface area contributed by atoms with Crippen molar-refractivity contribution in [3.63, 3.8) is 0 Å². The Morgan fingerprint density at radius 1 is 1.16 bits per heavy atom. The van der Waals surface area contributed by atoms with Crippen molar-refractivity contribution in [2.24, 2.45) is 29.6 Å². The highest BCUT2D eigenvalue weighted by molar-refractivity contribution is 6.02. The van der Waals surface area contributed by atoms with Crippen LogP contribution in [0.5, 0.6) is 5.75 Å². The van der Waals surface area contributed by atoms with Crippen molar-refractivity contribution < 1.29 is 23.9 Å². The minimum Gasteiger partial charge on any atom is -0.497 e. The minimum atomic E-state index is -1.13. The number of benzene rings is 1. The molecule has 0 unspecified atom stereocenters. The molecule has 0 aromatic heterocycles. The van der Waals surface area contributed by atoms with E-state index in [1.54, 1.807) is 36.3 Å². The molecule has 3 fully saturated rings. The number of likely N-dealkylation sites (tertiary alicyclic amines) is 1. The normalized spacial score (nSPS) is 35.5. The van der Waals surface area contributed by atoms with Gasteiger partial charge in [-0.2, -0.15) is 0 Å². The molecule has 2 saturated heterocycles. The van der Waals surface area contributed by atoms with E-state index in [2.05, 4.69) is 38.3 Å². The quantitative estimate of drug-likeness (QED) is 0.506. The summed E-state index contributed by atoms with van der Waals surface area (Å²) in [4.78, 5) is 43.2. The Morgan fingerprint density at radius 3 is 2.58 bits per heavy atom. The largest absolute Gasteiger partial charge is 0.497 e. The van der Waals surface area contributed by atoms with Gasteiger partial charge in [0.2, 0.25) is 17.7 Å². The number of nitrogens with zero attached hydrogens (tertiary/aromatic N) is 1. The molecule has 5 rings (SSSR count). The average molecular weight is 524 g/mol. The smallest absolute Gasteiger partial charge is 0.246 e. The van der Waals surface area contributed by atoms with E-state index >= 15 is 0 Å². The second-order valence-corrected chi connectivity index (χ2v) is 12.0. The molecule has 8 nitrogen and oxygen atoms in total. The third-order valence-corrected chi connectivity index (χ3v) is 9.26. The number of ether oxygens (including phenoxy) is 2. The van der Waals surface area contributed by atoms with E-state index in [1.807, 2.05) is 12.2 Å². The first-order valence-electron chi connectivity index (χ1n) is 14.1. The van der Waals surface area contributed by atoms with E-state index in [0.29, 0.717) is 35.7 Å². The maximum absolute atomic E-state index is 14.0. The fourth-order valence-corrected chi connectivity index (χ4v) is 6.85. The highest BCUT2D eigenvalue weighted by Crippen LogP contribution is 2.55. The maximum Gasteiger partial charge on any atom is 0.246 e. The first kappa shape index (κ1) is 26.7. The van der Waals surface area contributed by atoms with Gasteiger partial charge in [0, 0.05) is 18.3 Å². The molecule has 3 aliphatic heterocycles. The molecule has 1 aromatic carbocycles. The van der Waals surface area contributed by atoms with Crippen LogP contribution < -0.4 is 15.4 Å². The first-order chi connectivity index (χ1) is 18.2. The SMILES string of the molecule is COc1ccc(NC(=O)[C@H]2[C@H]3C=C[C@@]4(O3)[C@H]2C(=O)N(CCC(C)C)[C@@H]4C(=O)N[C@@H]2CCC[C@@H](C)[C@H]2C)cc1. The Hall–Kier alpha value is -2.87. The molecule has 1 spiro atoms. The Bertz CT molecular complexity index is 1100. The lowest BCUT2D eigenvalue weighted by atomic mass is 9.73. The second kappa shape index (κ2) is 10.4. The zero-order chi connectivity index (χ0) is 27.2. The van der Waals surface area contributed by atoms with E-state index in [9.17, 15) is 14.4 Å². The summed E-state index contributed by atoms with van der Waals surface area (Å²) in [6.45, 7) is 9.10. The highest BCUT2D eigenvalue weighted by Gasteiger charge is 2.72. The molecule has 1 aliphatic carbocycles. The lowest BCUT2D eigenvalue weighted by molar-refractivity contribution is -0.141. The minimum absolute atomic E-state index is 0.0699. The van der Waals surface area contributed by atoms with E-state index in [4.69, 9.17) is 9.47 Å². The van der Waals surface area contributed by atoms with Crippen LogP contribution in [0.15, 0.2) is 36.4 Å². The summed E-state index contributed by atoms with van der Waals surface area (Å²) in [5.74, 6) is -0.0997. The van der Waals surface area contributed by atoms with Crippen molar-refractivity contribution in [1.29, 1.82) is 0 Å². The standard InChI is InChI=1S/C30H41N3O5/c1-17(2)14-16-33-26(28(35)32-22-8-6-7-18(3)19(22)4)30-15-13-23(38-30)24(25(30)29(33)36)27(34)31-20-9-11-21(37-5)12-10-20/h9-13,15,17-19,22-26H,6-8,14,16H2,1-5H3,(H,31,34)(H,32,35)/t18-,19-,22-,23-,24+,25-,26-,30-/m1/s1. The number of carbonyl (C=O) groups is 3. The van der Waals surface area contributed by atoms with E-state index in [0.717, 1.165) is 19.3 Å². The van der Waals surface area contributed by atoms with Crippen LogP contribution in [0.3, 0.4) is 0 Å². The van der Waals surface area contributed by atoms with Crippen molar-refractivity contribution in [3.8, 4) is 5.75 Å². The predicted octanol–water partition coefficient (Wildman–Crippen LogP) is 3.77. The third-order valence-electron chi connectivity index (χ3n) is 9.26. The van der Waals surface area contributed by atoms with Crippen LogP contribution in [0.1, 0.15) is 53.4 Å². The van der Waals surface area contributed by atoms with Crippen LogP contribution in [0.25, 0.3) is 0 Å². The molecule has 206 valence electrons. The Labute approximate surface area is 225 Å². The van der Waals surface area contributed by atoms with Gasteiger partial charge >= 0.3 is 0 Å². The van der Waals surface area contributed by atoms with Crippen molar-refractivity contribution in [3.05, 3.63) is 36.4 Å². The molecule has 3 heterocycles. The fourth-order valence-electron chi connectivity index (χ4n) is 6.85. The van der Waals surface area contributed by atoms with Gasteiger partial charge in [0.25, 0.3) is 0 Å². The number of methoxy groups -OCH3 is 1. The van der Waals surface area contributed by atoms with Crippen LogP contribution in [-0.4, -0.2) is 60.1 Å². The van der Waals surface area contributed by atoms with Gasteiger partial charge in [-0.25, -0.2) is 0 Å². The van der Waals surface area contributed by atoms with Gasteiger partial charge in [-0.3, -0.25) is 14.4 Å². The third kappa shape index (κ3) is 4.51. The maximum atomic E-state index is 14.0. The zero-order valence-electron chi connectivity index (χ0n) is 23.1.